The third-order valence-electron chi connectivity index (χ3n) is 8.04. The van der Waals surface area contributed by atoms with Crippen LogP contribution >= 0.6 is 0 Å². The highest BCUT2D eigenvalue weighted by Crippen LogP contribution is 2.55. The molecule has 0 amide bonds. The van der Waals surface area contributed by atoms with Crippen LogP contribution in [0.15, 0.2) is 64.8 Å². The highest BCUT2D eigenvalue weighted by molar-refractivity contribution is 6.79. The molecule has 0 bridgehead atoms. The standard InChI is InChI=1S/C28H40Si/c1-9-24-16-25(10-2)18-26(17-24)29(27-22(7)20(5)21(6)23(27)8)28(19(3)4)14-12-11-13-15-28/h11-14,16-19,27,29H,9-10,15H2,1-8H3. The Labute approximate surface area is 181 Å². The van der Waals surface area contributed by atoms with E-state index in [0.29, 0.717) is 11.5 Å². The second kappa shape index (κ2) is 8.64. The summed E-state index contributed by atoms with van der Waals surface area (Å²) >= 11 is 0. The minimum atomic E-state index is -1.45. The van der Waals surface area contributed by atoms with Crippen molar-refractivity contribution in [1.29, 1.82) is 0 Å². The SMILES string of the molecule is CCc1cc(CC)cc([SiH](C2C(C)=C(C)C(C)=C2C)C2(C(C)C)C=CC=CC2)c1. The lowest BCUT2D eigenvalue weighted by Crippen LogP contribution is -2.49. The lowest BCUT2D eigenvalue weighted by Gasteiger charge is -2.46. The second-order valence-electron chi connectivity index (χ2n) is 9.62. The molecule has 0 aliphatic heterocycles. The van der Waals surface area contributed by atoms with Gasteiger partial charge in [0.15, 0.2) is 0 Å². The molecule has 0 fully saturated rings. The van der Waals surface area contributed by atoms with Gasteiger partial charge in [0.05, 0.1) is 8.80 Å². The quantitative estimate of drug-likeness (QED) is 0.439. The minimum Gasteiger partial charge on any atom is -0.0840 e. The van der Waals surface area contributed by atoms with Gasteiger partial charge in [0, 0.05) is 0 Å². The van der Waals surface area contributed by atoms with Crippen molar-refractivity contribution in [1.82, 2.24) is 0 Å². The molecule has 2 aliphatic rings. The van der Waals surface area contributed by atoms with Crippen LogP contribution in [0.1, 0.15) is 72.9 Å². The van der Waals surface area contributed by atoms with E-state index in [1.54, 1.807) is 27.5 Å². The Bertz CT molecular complexity index is 847. The van der Waals surface area contributed by atoms with Gasteiger partial charge in [-0.2, -0.15) is 0 Å². The van der Waals surface area contributed by atoms with E-state index in [1.165, 1.54) is 17.5 Å². The Balaban J connectivity index is 2.29. The molecule has 1 aromatic carbocycles. The molecule has 0 spiro atoms. The van der Waals surface area contributed by atoms with Crippen LogP contribution in [0.4, 0.5) is 0 Å². The number of rotatable bonds is 6. The molecule has 0 nitrogen and oxygen atoms in total. The summed E-state index contributed by atoms with van der Waals surface area (Å²) in [4.78, 5) is 0. The van der Waals surface area contributed by atoms with Gasteiger partial charge in [-0.3, -0.25) is 0 Å². The predicted molar refractivity (Wildman–Crippen MR) is 133 cm³/mol. The Hall–Kier alpha value is -1.60. The molecule has 0 saturated carbocycles. The topological polar surface area (TPSA) is 0 Å². The highest BCUT2D eigenvalue weighted by Gasteiger charge is 2.48. The van der Waals surface area contributed by atoms with E-state index < -0.39 is 8.80 Å². The van der Waals surface area contributed by atoms with E-state index in [0.717, 1.165) is 12.8 Å². The van der Waals surface area contributed by atoms with Crippen LogP contribution in [0.25, 0.3) is 0 Å². The van der Waals surface area contributed by atoms with Gasteiger partial charge in [0.25, 0.3) is 0 Å². The first-order chi connectivity index (χ1) is 13.8. The monoisotopic (exact) mass is 404 g/mol. The summed E-state index contributed by atoms with van der Waals surface area (Å²) < 4.78 is 0. The number of hydrogen-bond acceptors (Lipinski definition) is 0. The van der Waals surface area contributed by atoms with Crippen LogP contribution in [0.5, 0.6) is 0 Å². The zero-order valence-corrected chi connectivity index (χ0v) is 21.0. The van der Waals surface area contributed by atoms with Gasteiger partial charge in [-0.1, -0.05) is 86.5 Å². The second-order valence-corrected chi connectivity index (χ2v) is 13.0. The summed E-state index contributed by atoms with van der Waals surface area (Å²) in [6.07, 6.45) is 13.0. The first kappa shape index (κ1) is 22.1. The van der Waals surface area contributed by atoms with Crippen LogP contribution in [0, 0.1) is 5.92 Å². The molecule has 2 unspecified atom stereocenters. The molecule has 29 heavy (non-hydrogen) atoms. The largest absolute Gasteiger partial charge is 0.0927 e. The first-order valence-electron chi connectivity index (χ1n) is 11.6. The Morgan fingerprint density at radius 1 is 0.897 bits per heavy atom. The van der Waals surface area contributed by atoms with Crippen molar-refractivity contribution in [2.24, 2.45) is 5.92 Å². The predicted octanol–water partition coefficient (Wildman–Crippen LogP) is 7.21. The van der Waals surface area contributed by atoms with Crippen LogP contribution in [-0.4, -0.2) is 8.80 Å². The summed E-state index contributed by atoms with van der Waals surface area (Å²) in [6, 6.07) is 7.59. The fraction of sp³-hybridized carbons (Fsp3) is 0.500. The molecule has 156 valence electrons. The van der Waals surface area contributed by atoms with Gasteiger partial charge < -0.3 is 0 Å². The Morgan fingerprint density at radius 2 is 1.45 bits per heavy atom. The third-order valence-corrected chi connectivity index (χ3v) is 13.0. The average Bonchev–Trinajstić information content (AvgIpc) is 2.92. The summed E-state index contributed by atoms with van der Waals surface area (Å²) in [5, 5.41) is 1.96. The number of allylic oxidation sites excluding steroid dienone is 8. The molecular formula is C28H40Si. The molecule has 2 atom stereocenters. The van der Waals surface area contributed by atoms with Crippen molar-refractivity contribution in [2.75, 3.05) is 0 Å². The van der Waals surface area contributed by atoms with Crippen LogP contribution < -0.4 is 5.19 Å². The fourth-order valence-electron chi connectivity index (χ4n) is 5.75. The van der Waals surface area contributed by atoms with E-state index in [2.05, 4.69) is 97.9 Å². The van der Waals surface area contributed by atoms with Crippen molar-refractivity contribution in [3.05, 3.63) is 75.9 Å². The summed E-state index contributed by atoms with van der Waals surface area (Å²) in [7, 11) is -1.45. The van der Waals surface area contributed by atoms with Gasteiger partial charge in [0.2, 0.25) is 0 Å². The average molecular weight is 405 g/mol. The van der Waals surface area contributed by atoms with E-state index in [9.17, 15) is 0 Å². The number of benzene rings is 1. The van der Waals surface area contributed by atoms with Crippen molar-refractivity contribution in [3.8, 4) is 0 Å². The van der Waals surface area contributed by atoms with Crippen LogP contribution in [-0.2, 0) is 12.8 Å². The minimum absolute atomic E-state index is 0.282. The molecule has 3 rings (SSSR count). The summed E-state index contributed by atoms with van der Waals surface area (Å²) in [5.41, 5.74) is 10.0. The van der Waals surface area contributed by atoms with Gasteiger partial charge >= 0.3 is 0 Å². The van der Waals surface area contributed by atoms with E-state index in [-0.39, 0.29) is 5.04 Å². The van der Waals surface area contributed by atoms with E-state index >= 15 is 0 Å². The number of aryl methyl sites for hydroxylation is 2. The van der Waals surface area contributed by atoms with Gasteiger partial charge in [-0.25, -0.2) is 0 Å². The van der Waals surface area contributed by atoms with Gasteiger partial charge in [0.1, 0.15) is 0 Å². The van der Waals surface area contributed by atoms with Crippen molar-refractivity contribution in [2.45, 2.75) is 85.2 Å². The molecule has 0 aromatic heterocycles. The maximum Gasteiger partial charge on any atom is 0.0927 e. The molecule has 1 heteroatoms. The smallest absolute Gasteiger partial charge is 0.0840 e. The molecule has 0 saturated heterocycles. The molecule has 2 aliphatic carbocycles. The van der Waals surface area contributed by atoms with Crippen LogP contribution in [0.2, 0.25) is 10.6 Å². The lowest BCUT2D eigenvalue weighted by molar-refractivity contribution is 0.475. The van der Waals surface area contributed by atoms with Crippen molar-refractivity contribution in [3.63, 3.8) is 0 Å². The zero-order chi connectivity index (χ0) is 21.3. The molecule has 0 heterocycles. The molecule has 0 radical (unpaired) electrons. The molecule has 0 N–H and O–H groups in total. The lowest BCUT2D eigenvalue weighted by atomic mass is 9.88. The Kier molecular flexibility index (Phi) is 6.58. The Morgan fingerprint density at radius 3 is 1.86 bits per heavy atom. The van der Waals surface area contributed by atoms with E-state index in [1.807, 2.05) is 0 Å². The number of hydrogen-bond donors (Lipinski definition) is 0. The normalized spacial score (nSPS) is 23.6. The van der Waals surface area contributed by atoms with Gasteiger partial charge in [-0.05, 0) is 85.7 Å². The zero-order valence-electron chi connectivity index (χ0n) is 19.9. The summed E-state index contributed by atoms with van der Waals surface area (Å²) in [5.74, 6) is 0.637. The van der Waals surface area contributed by atoms with Crippen molar-refractivity contribution < 1.29 is 0 Å². The third kappa shape index (κ3) is 3.79. The molecule has 1 aromatic rings. The van der Waals surface area contributed by atoms with E-state index in [4.69, 9.17) is 0 Å². The maximum atomic E-state index is 2.60. The molecular weight excluding hydrogens is 364 g/mol. The summed E-state index contributed by atoms with van der Waals surface area (Å²) in [6.45, 7) is 19.0. The fourth-order valence-corrected chi connectivity index (χ4v) is 11.1. The van der Waals surface area contributed by atoms with Crippen LogP contribution in [0.3, 0.4) is 0 Å². The van der Waals surface area contributed by atoms with Crippen molar-refractivity contribution >= 4 is 14.0 Å². The first-order valence-corrected chi connectivity index (χ1v) is 13.4. The van der Waals surface area contributed by atoms with Gasteiger partial charge in [-0.15, -0.1) is 0 Å². The highest BCUT2D eigenvalue weighted by atomic mass is 28.3. The maximum absolute atomic E-state index is 2.60.